The van der Waals surface area contributed by atoms with Crippen molar-refractivity contribution in [3.8, 4) is 0 Å². The summed E-state index contributed by atoms with van der Waals surface area (Å²) in [6.07, 6.45) is 8.87. The predicted molar refractivity (Wildman–Crippen MR) is 85.7 cm³/mol. The Balaban J connectivity index is 2.15. The van der Waals surface area contributed by atoms with Crippen LogP contribution in [0.2, 0.25) is 0 Å². The van der Waals surface area contributed by atoms with Crippen LogP contribution in [0, 0.1) is 5.92 Å². The molecule has 1 N–H and O–H groups in total. The van der Waals surface area contributed by atoms with Gasteiger partial charge in [0.25, 0.3) is 0 Å². The van der Waals surface area contributed by atoms with Crippen LogP contribution in [0.15, 0.2) is 29.2 Å². The molecule has 0 heterocycles. The predicted octanol–water partition coefficient (Wildman–Crippen LogP) is 3.62. The normalized spacial score (nSPS) is 18.6. The minimum atomic E-state index is -3.24. The molecule has 0 radical (unpaired) electrons. The van der Waals surface area contributed by atoms with Gasteiger partial charge in [-0.3, -0.25) is 4.79 Å². The fourth-order valence-electron chi connectivity index (χ4n) is 3.26. The molecule has 1 aromatic carbocycles. The molecule has 1 aliphatic carbocycles. The summed E-state index contributed by atoms with van der Waals surface area (Å²) in [5, 5.41) is 9.54. The maximum absolute atomic E-state index is 11.6. The van der Waals surface area contributed by atoms with Gasteiger partial charge in [-0.15, -0.1) is 0 Å². The van der Waals surface area contributed by atoms with E-state index in [1.807, 2.05) is 0 Å². The molecule has 1 unspecified atom stereocenters. The highest BCUT2D eigenvalue weighted by molar-refractivity contribution is 7.90. The third-order valence-electron chi connectivity index (χ3n) is 4.55. The van der Waals surface area contributed by atoms with E-state index >= 15 is 0 Å². The Bertz CT molecular complexity index is 596. The van der Waals surface area contributed by atoms with Gasteiger partial charge in [0.05, 0.1) is 10.8 Å². The zero-order chi connectivity index (χ0) is 16.2. The minimum absolute atomic E-state index is 0.231. The summed E-state index contributed by atoms with van der Waals surface area (Å²) in [7, 11) is -3.24. The van der Waals surface area contributed by atoms with Crippen LogP contribution in [0.5, 0.6) is 0 Å². The molecule has 0 amide bonds. The van der Waals surface area contributed by atoms with E-state index in [9.17, 15) is 18.3 Å². The summed E-state index contributed by atoms with van der Waals surface area (Å²) in [5.74, 6) is -0.911. The number of rotatable bonds is 5. The van der Waals surface area contributed by atoms with E-state index < -0.39 is 21.7 Å². The Morgan fingerprint density at radius 2 is 1.68 bits per heavy atom. The molecular weight excluding hydrogens is 300 g/mol. The number of hydrogen-bond acceptors (Lipinski definition) is 3. The van der Waals surface area contributed by atoms with Gasteiger partial charge >= 0.3 is 5.97 Å². The molecular formula is C17H24O4S. The molecule has 0 aromatic heterocycles. The van der Waals surface area contributed by atoms with Crippen molar-refractivity contribution in [1.29, 1.82) is 0 Å². The zero-order valence-electron chi connectivity index (χ0n) is 13.0. The van der Waals surface area contributed by atoms with Crippen LogP contribution in [0.4, 0.5) is 0 Å². The third-order valence-corrected chi connectivity index (χ3v) is 5.68. The van der Waals surface area contributed by atoms with Crippen LogP contribution in [-0.2, 0) is 14.6 Å². The Kier molecular flexibility index (Phi) is 5.62. The van der Waals surface area contributed by atoms with Gasteiger partial charge in [0.1, 0.15) is 0 Å². The molecule has 2 rings (SSSR count). The second-order valence-electron chi connectivity index (χ2n) is 6.33. The van der Waals surface area contributed by atoms with Crippen LogP contribution in [0.3, 0.4) is 0 Å². The summed E-state index contributed by atoms with van der Waals surface area (Å²) < 4.78 is 23.0. The van der Waals surface area contributed by atoms with Crippen molar-refractivity contribution >= 4 is 15.8 Å². The van der Waals surface area contributed by atoms with E-state index in [0.29, 0.717) is 17.9 Å². The number of benzene rings is 1. The largest absolute Gasteiger partial charge is 0.481 e. The molecule has 1 aromatic rings. The number of carboxylic acid groups (broad SMARTS) is 1. The van der Waals surface area contributed by atoms with E-state index in [1.54, 1.807) is 12.1 Å². The lowest BCUT2D eigenvalue weighted by molar-refractivity contribution is -0.139. The highest BCUT2D eigenvalue weighted by Crippen LogP contribution is 2.32. The molecule has 0 saturated heterocycles. The molecule has 1 atom stereocenters. The van der Waals surface area contributed by atoms with Crippen molar-refractivity contribution < 1.29 is 18.3 Å². The fraction of sp³-hybridized carbons (Fsp3) is 0.588. The standard InChI is InChI=1S/C17H24O4S/c1-22(20,21)15-10-8-14(9-11-15)16(17(18)19)12-13-6-4-2-3-5-7-13/h8-11,13,16H,2-7,12H2,1H3,(H,18,19). The number of carboxylic acids is 1. The van der Waals surface area contributed by atoms with Crippen molar-refractivity contribution in [1.82, 2.24) is 0 Å². The summed E-state index contributed by atoms with van der Waals surface area (Å²) >= 11 is 0. The molecule has 122 valence electrons. The number of carbonyl (C=O) groups is 1. The summed E-state index contributed by atoms with van der Waals surface area (Å²) in [6, 6.07) is 6.30. The molecule has 0 bridgehead atoms. The first-order chi connectivity index (χ1) is 10.4. The highest BCUT2D eigenvalue weighted by atomic mass is 32.2. The monoisotopic (exact) mass is 324 g/mol. The van der Waals surface area contributed by atoms with E-state index in [-0.39, 0.29) is 4.90 Å². The molecule has 1 aliphatic rings. The van der Waals surface area contributed by atoms with Crippen LogP contribution in [-0.4, -0.2) is 25.7 Å². The first kappa shape index (κ1) is 17.0. The van der Waals surface area contributed by atoms with Crippen LogP contribution >= 0.6 is 0 Å². The second-order valence-corrected chi connectivity index (χ2v) is 8.34. The van der Waals surface area contributed by atoms with Crippen LogP contribution < -0.4 is 0 Å². The molecule has 0 aliphatic heterocycles. The van der Waals surface area contributed by atoms with Crippen molar-refractivity contribution in [2.45, 2.75) is 55.8 Å². The van der Waals surface area contributed by atoms with Gasteiger partial charge < -0.3 is 5.11 Å². The van der Waals surface area contributed by atoms with Crippen molar-refractivity contribution in [3.63, 3.8) is 0 Å². The highest BCUT2D eigenvalue weighted by Gasteiger charge is 2.25. The Labute approximate surface area is 132 Å². The van der Waals surface area contributed by atoms with Crippen molar-refractivity contribution in [2.24, 2.45) is 5.92 Å². The van der Waals surface area contributed by atoms with Crippen molar-refractivity contribution in [2.75, 3.05) is 6.26 Å². The maximum Gasteiger partial charge on any atom is 0.310 e. The smallest absolute Gasteiger partial charge is 0.310 e. The first-order valence-electron chi connectivity index (χ1n) is 7.91. The molecule has 1 fully saturated rings. The maximum atomic E-state index is 11.6. The van der Waals surface area contributed by atoms with Gasteiger partial charge in [-0.05, 0) is 30.0 Å². The van der Waals surface area contributed by atoms with Gasteiger partial charge in [-0.1, -0.05) is 50.7 Å². The van der Waals surface area contributed by atoms with Gasteiger partial charge in [-0.2, -0.15) is 0 Å². The van der Waals surface area contributed by atoms with Gasteiger partial charge in [0.2, 0.25) is 0 Å². The van der Waals surface area contributed by atoms with E-state index in [4.69, 9.17) is 0 Å². The van der Waals surface area contributed by atoms with Crippen LogP contribution in [0.25, 0.3) is 0 Å². The third kappa shape index (κ3) is 4.57. The lowest BCUT2D eigenvalue weighted by atomic mass is 9.85. The summed E-state index contributed by atoms with van der Waals surface area (Å²) in [6.45, 7) is 0. The van der Waals surface area contributed by atoms with E-state index in [0.717, 1.165) is 19.1 Å². The lowest BCUT2D eigenvalue weighted by Gasteiger charge is -2.20. The number of hydrogen-bond donors (Lipinski definition) is 1. The average molecular weight is 324 g/mol. The van der Waals surface area contributed by atoms with Gasteiger partial charge in [-0.25, -0.2) is 8.42 Å². The van der Waals surface area contributed by atoms with Crippen LogP contribution in [0.1, 0.15) is 56.4 Å². The SMILES string of the molecule is CS(=O)(=O)c1ccc(C(CC2CCCCCC2)C(=O)O)cc1. The Morgan fingerprint density at radius 3 is 2.14 bits per heavy atom. The summed E-state index contributed by atoms with van der Waals surface area (Å²) in [4.78, 5) is 11.9. The first-order valence-corrected chi connectivity index (χ1v) is 9.80. The number of aliphatic carboxylic acids is 1. The lowest BCUT2D eigenvalue weighted by Crippen LogP contribution is -2.16. The summed E-state index contributed by atoms with van der Waals surface area (Å²) in [5.41, 5.74) is 0.698. The quantitative estimate of drug-likeness (QED) is 0.840. The molecule has 22 heavy (non-hydrogen) atoms. The molecule has 5 heteroatoms. The topological polar surface area (TPSA) is 71.4 Å². The van der Waals surface area contributed by atoms with Gasteiger partial charge in [0.15, 0.2) is 9.84 Å². The average Bonchev–Trinajstić information content (AvgIpc) is 2.72. The molecule has 4 nitrogen and oxygen atoms in total. The van der Waals surface area contributed by atoms with Gasteiger partial charge in [0, 0.05) is 6.26 Å². The molecule has 1 saturated carbocycles. The van der Waals surface area contributed by atoms with E-state index in [1.165, 1.54) is 37.8 Å². The van der Waals surface area contributed by atoms with E-state index in [2.05, 4.69) is 0 Å². The zero-order valence-corrected chi connectivity index (χ0v) is 13.8. The minimum Gasteiger partial charge on any atom is -0.481 e. The Morgan fingerprint density at radius 1 is 1.14 bits per heavy atom. The second kappa shape index (κ2) is 7.27. The Hall–Kier alpha value is -1.36. The fourth-order valence-corrected chi connectivity index (χ4v) is 3.89. The number of sulfone groups is 1. The van der Waals surface area contributed by atoms with Crippen molar-refractivity contribution in [3.05, 3.63) is 29.8 Å². The molecule has 0 spiro atoms.